The number of hydrogen-bond donors (Lipinski definition) is 0. The third kappa shape index (κ3) is 2.09. The Labute approximate surface area is 114 Å². The number of aryl methyl sites for hydroxylation is 1. The van der Waals surface area contributed by atoms with E-state index in [1.54, 1.807) is 7.11 Å². The Morgan fingerprint density at radius 1 is 1.42 bits per heavy atom. The lowest BCUT2D eigenvalue weighted by molar-refractivity contribution is -0.116. The first kappa shape index (κ1) is 12.5. The molecule has 0 amide bonds. The fraction of sp³-hybridized carbons (Fsp3) is 0.471. The van der Waals surface area contributed by atoms with Gasteiger partial charge in [0.15, 0.2) is 0 Å². The predicted octanol–water partition coefficient (Wildman–Crippen LogP) is 3.64. The number of fused-ring (bicyclic) bond motifs is 3. The zero-order chi connectivity index (χ0) is 13.5. The Morgan fingerprint density at radius 2 is 2.26 bits per heavy atom. The molecule has 19 heavy (non-hydrogen) atoms. The van der Waals surface area contributed by atoms with Crippen LogP contribution in [0.25, 0.3) is 5.57 Å². The average molecular weight is 256 g/mol. The van der Waals surface area contributed by atoms with Gasteiger partial charge in [-0.15, -0.1) is 0 Å². The summed E-state index contributed by atoms with van der Waals surface area (Å²) in [4.78, 5) is 11.2. The van der Waals surface area contributed by atoms with Gasteiger partial charge in [0.1, 0.15) is 12.0 Å². The molecule has 2 aliphatic carbocycles. The molecule has 2 heteroatoms. The molecule has 0 heterocycles. The van der Waals surface area contributed by atoms with E-state index in [9.17, 15) is 4.79 Å². The quantitative estimate of drug-likeness (QED) is 0.755. The standard InChI is InChI=1S/C17H20O2/c1-17(11-18)8-7-16-13(10-17)4-3-12-9-14(19-2)5-6-15(12)16/h5-7,9,11,13H,3-4,8,10H2,1-2H3/t13-,17-/m1/s1. The summed E-state index contributed by atoms with van der Waals surface area (Å²) < 4.78 is 5.30. The van der Waals surface area contributed by atoms with Gasteiger partial charge < -0.3 is 9.53 Å². The predicted molar refractivity (Wildman–Crippen MR) is 76.2 cm³/mol. The second-order valence-corrected chi connectivity index (χ2v) is 6.10. The van der Waals surface area contributed by atoms with Crippen LogP contribution in [0, 0.1) is 11.3 Å². The van der Waals surface area contributed by atoms with Crippen LogP contribution in [0.1, 0.15) is 37.3 Å². The number of benzene rings is 1. The molecule has 2 atom stereocenters. The highest BCUT2D eigenvalue weighted by atomic mass is 16.5. The van der Waals surface area contributed by atoms with Crippen LogP contribution < -0.4 is 4.74 Å². The molecular formula is C17H20O2. The van der Waals surface area contributed by atoms with Crippen LogP contribution in [0.3, 0.4) is 0 Å². The summed E-state index contributed by atoms with van der Waals surface area (Å²) >= 11 is 0. The highest BCUT2D eigenvalue weighted by Crippen LogP contribution is 2.47. The summed E-state index contributed by atoms with van der Waals surface area (Å²) in [6.45, 7) is 2.08. The van der Waals surface area contributed by atoms with Crippen molar-refractivity contribution in [1.29, 1.82) is 0 Å². The summed E-state index contributed by atoms with van der Waals surface area (Å²) in [5, 5.41) is 0. The first-order valence-electron chi connectivity index (χ1n) is 6.99. The first-order chi connectivity index (χ1) is 9.15. The number of ether oxygens (including phenoxy) is 1. The molecule has 0 unspecified atom stereocenters. The van der Waals surface area contributed by atoms with Gasteiger partial charge in [-0.1, -0.05) is 19.1 Å². The molecule has 1 aromatic rings. The van der Waals surface area contributed by atoms with E-state index in [1.807, 2.05) is 6.07 Å². The number of carbonyl (C=O) groups is 1. The fourth-order valence-electron chi connectivity index (χ4n) is 3.46. The van der Waals surface area contributed by atoms with Crippen LogP contribution >= 0.6 is 0 Å². The van der Waals surface area contributed by atoms with E-state index in [2.05, 4.69) is 25.1 Å². The van der Waals surface area contributed by atoms with Crippen molar-refractivity contribution in [2.75, 3.05) is 7.11 Å². The van der Waals surface area contributed by atoms with Crippen molar-refractivity contribution in [2.24, 2.45) is 11.3 Å². The molecule has 0 aromatic heterocycles. The van der Waals surface area contributed by atoms with Crippen molar-refractivity contribution in [3.63, 3.8) is 0 Å². The van der Waals surface area contributed by atoms with Gasteiger partial charge in [-0.3, -0.25) is 0 Å². The molecular weight excluding hydrogens is 236 g/mol. The van der Waals surface area contributed by atoms with Crippen molar-refractivity contribution >= 4 is 11.9 Å². The first-order valence-corrected chi connectivity index (χ1v) is 6.99. The Bertz CT molecular complexity index is 544. The van der Waals surface area contributed by atoms with Gasteiger partial charge in [0.05, 0.1) is 7.11 Å². The van der Waals surface area contributed by atoms with Gasteiger partial charge in [0, 0.05) is 5.41 Å². The van der Waals surface area contributed by atoms with E-state index in [1.165, 1.54) is 16.7 Å². The third-order valence-corrected chi connectivity index (χ3v) is 4.61. The zero-order valence-corrected chi connectivity index (χ0v) is 11.6. The minimum Gasteiger partial charge on any atom is -0.497 e. The lowest BCUT2D eigenvalue weighted by Crippen LogP contribution is -2.28. The van der Waals surface area contributed by atoms with Gasteiger partial charge in [0.25, 0.3) is 0 Å². The average Bonchev–Trinajstić information content (AvgIpc) is 2.46. The monoisotopic (exact) mass is 256 g/mol. The topological polar surface area (TPSA) is 26.3 Å². The molecule has 3 rings (SSSR count). The van der Waals surface area contributed by atoms with Crippen LogP contribution in [-0.4, -0.2) is 13.4 Å². The van der Waals surface area contributed by atoms with Crippen molar-refractivity contribution in [3.8, 4) is 5.75 Å². The van der Waals surface area contributed by atoms with Gasteiger partial charge >= 0.3 is 0 Å². The number of hydrogen-bond acceptors (Lipinski definition) is 2. The second-order valence-electron chi connectivity index (χ2n) is 6.10. The maximum Gasteiger partial charge on any atom is 0.126 e. The molecule has 100 valence electrons. The molecule has 2 aliphatic rings. The third-order valence-electron chi connectivity index (χ3n) is 4.61. The molecule has 2 nitrogen and oxygen atoms in total. The molecule has 0 spiro atoms. The molecule has 0 fully saturated rings. The van der Waals surface area contributed by atoms with E-state index in [0.717, 1.165) is 37.7 Å². The number of methoxy groups -OCH3 is 1. The van der Waals surface area contributed by atoms with Crippen LogP contribution in [-0.2, 0) is 11.2 Å². The van der Waals surface area contributed by atoms with E-state index >= 15 is 0 Å². The lowest BCUT2D eigenvalue weighted by Gasteiger charge is -2.37. The molecule has 0 saturated carbocycles. The van der Waals surface area contributed by atoms with Crippen LogP contribution in [0.5, 0.6) is 5.75 Å². The normalized spacial score (nSPS) is 28.9. The highest BCUT2D eigenvalue weighted by Gasteiger charge is 2.35. The van der Waals surface area contributed by atoms with E-state index in [4.69, 9.17) is 4.74 Å². The molecule has 0 radical (unpaired) electrons. The number of carbonyl (C=O) groups excluding carboxylic acids is 1. The van der Waals surface area contributed by atoms with Gasteiger partial charge in [-0.05, 0) is 60.4 Å². The van der Waals surface area contributed by atoms with Crippen LogP contribution in [0.2, 0.25) is 0 Å². The maximum absolute atomic E-state index is 11.2. The highest BCUT2D eigenvalue weighted by molar-refractivity contribution is 5.75. The Kier molecular flexibility index (Phi) is 2.96. The molecule has 1 aromatic carbocycles. The second kappa shape index (κ2) is 4.52. The molecule has 0 N–H and O–H groups in total. The van der Waals surface area contributed by atoms with Crippen molar-refractivity contribution in [2.45, 2.75) is 32.6 Å². The molecule has 0 saturated heterocycles. The zero-order valence-electron chi connectivity index (χ0n) is 11.6. The Hall–Kier alpha value is -1.57. The summed E-state index contributed by atoms with van der Waals surface area (Å²) in [6.07, 6.45) is 7.53. The SMILES string of the molecule is COc1ccc2c(c1)CC[C@@H]1C[C@](C)(C=O)CC=C21. The van der Waals surface area contributed by atoms with E-state index in [-0.39, 0.29) is 5.41 Å². The maximum atomic E-state index is 11.2. The van der Waals surface area contributed by atoms with Crippen molar-refractivity contribution < 1.29 is 9.53 Å². The van der Waals surface area contributed by atoms with E-state index in [0.29, 0.717) is 5.92 Å². The van der Waals surface area contributed by atoms with Gasteiger partial charge in [-0.2, -0.15) is 0 Å². The van der Waals surface area contributed by atoms with Crippen LogP contribution in [0.4, 0.5) is 0 Å². The van der Waals surface area contributed by atoms with Crippen molar-refractivity contribution in [1.82, 2.24) is 0 Å². The van der Waals surface area contributed by atoms with Crippen LogP contribution in [0.15, 0.2) is 24.3 Å². The summed E-state index contributed by atoms with van der Waals surface area (Å²) in [7, 11) is 1.71. The molecule has 0 bridgehead atoms. The minimum atomic E-state index is -0.155. The molecule has 0 aliphatic heterocycles. The smallest absolute Gasteiger partial charge is 0.126 e. The van der Waals surface area contributed by atoms with Crippen molar-refractivity contribution in [3.05, 3.63) is 35.4 Å². The summed E-state index contributed by atoms with van der Waals surface area (Å²) in [5.74, 6) is 1.48. The number of aldehydes is 1. The Morgan fingerprint density at radius 3 is 3.00 bits per heavy atom. The Balaban J connectivity index is 1.99. The summed E-state index contributed by atoms with van der Waals surface area (Å²) in [5.41, 5.74) is 4.04. The number of rotatable bonds is 2. The lowest BCUT2D eigenvalue weighted by atomic mass is 9.66. The summed E-state index contributed by atoms with van der Waals surface area (Å²) in [6, 6.07) is 6.37. The fourth-order valence-corrected chi connectivity index (χ4v) is 3.46. The van der Waals surface area contributed by atoms with Gasteiger partial charge in [0.2, 0.25) is 0 Å². The number of allylic oxidation sites excluding steroid dienone is 2. The minimum absolute atomic E-state index is 0.155. The largest absolute Gasteiger partial charge is 0.497 e. The van der Waals surface area contributed by atoms with E-state index < -0.39 is 0 Å². The van der Waals surface area contributed by atoms with Gasteiger partial charge in [-0.25, -0.2) is 0 Å².